The first-order valence-electron chi connectivity index (χ1n) is 5.19. The molecule has 88 valence electrons. The minimum absolute atomic E-state index is 0.454. The van der Waals surface area contributed by atoms with Crippen molar-refractivity contribution in [1.82, 2.24) is 5.32 Å². The Labute approximate surface area is 98.4 Å². The molecule has 1 aromatic rings. The quantitative estimate of drug-likeness (QED) is 0.742. The van der Waals surface area contributed by atoms with Gasteiger partial charge in [-0.05, 0) is 26.0 Å². The van der Waals surface area contributed by atoms with E-state index in [1.165, 1.54) is 13.8 Å². The maximum absolute atomic E-state index is 12.1. The van der Waals surface area contributed by atoms with Crippen molar-refractivity contribution >= 4 is 23.5 Å². The van der Waals surface area contributed by atoms with Crippen molar-refractivity contribution in [1.29, 1.82) is 0 Å². The lowest BCUT2D eigenvalue weighted by molar-refractivity contribution is -0.140. The lowest BCUT2D eigenvalue weighted by Gasteiger charge is -2.34. The monoisotopic (exact) mass is 232 g/mol. The number of hydrogen-bond donors (Lipinski definition) is 1. The van der Waals surface area contributed by atoms with E-state index in [1.807, 2.05) is 0 Å². The highest BCUT2D eigenvalue weighted by atomic mass is 16.2. The van der Waals surface area contributed by atoms with Crippen LogP contribution in [-0.4, -0.2) is 17.8 Å². The molecule has 4 amide bonds. The molecule has 1 aromatic carbocycles. The molecule has 5 nitrogen and oxygen atoms in total. The van der Waals surface area contributed by atoms with Gasteiger partial charge in [0.05, 0.1) is 5.69 Å². The molecule has 0 aliphatic carbocycles. The van der Waals surface area contributed by atoms with Crippen LogP contribution in [0.4, 0.5) is 10.5 Å². The summed E-state index contributed by atoms with van der Waals surface area (Å²) < 4.78 is 0. The van der Waals surface area contributed by atoms with Crippen molar-refractivity contribution in [3.8, 4) is 0 Å². The standard InChI is InChI=1S/C12H12N2O3/c1-12(2)9(15)13-11(17)14(10(12)16)8-6-4-3-5-7-8/h3-7H,1-2H3,(H,13,15,17). The Kier molecular flexibility index (Phi) is 2.46. The Hall–Kier alpha value is -2.17. The van der Waals surface area contributed by atoms with Crippen LogP contribution in [-0.2, 0) is 9.59 Å². The van der Waals surface area contributed by atoms with Crippen molar-refractivity contribution in [3.63, 3.8) is 0 Å². The van der Waals surface area contributed by atoms with Crippen molar-refractivity contribution in [2.24, 2.45) is 5.41 Å². The highest BCUT2D eigenvalue weighted by Crippen LogP contribution is 2.27. The number of urea groups is 1. The van der Waals surface area contributed by atoms with E-state index in [-0.39, 0.29) is 0 Å². The lowest BCUT2D eigenvalue weighted by Crippen LogP contribution is -2.62. The fourth-order valence-electron chi connectivity index (χ4n) is 1.59. The first-order chi connectivity index (χ1) is 7.94. The van der Waals surface area contributed by atoms with Crippen molar-refractivity contribution in [3.05, 3.63) is 30.3 Å². The van der Waals surface area contributed by atoms with Gasteiger partial charge in [0.2, 0.25) is 11.8 Å². The van der Waals surface area contributed by atoms with Crippen LogP contribution in [0.25, 0.3) is 0 Å². The second kappa shape index (κ2) is 3.69. The molecule has 0 atom stereocenters. The van der Waals surface area contributed by atoms with Gasteiger partial charge in [0.15, 0.2) is 0 Å². The Morgan fingerprint density at radius 2 is 1.65 bits per heavy atom. The van der Waals surface area contributed by atoms with Crippen LogP contribution in [0.3, 0.4) is 0 Å². The van der Waals surface area contributed by atoms with E-state index in [0.29, 0.717) is 5.69 Å². The number of para-hydroxylation sites is 1. The summed E-state index contributed by atoms with van der Waals surface area (Å²) in [6, 6.07) is 7.81. The summed E-state index contributed by atoms with van der Waals surface area (Å²) in [6.07, 6.45) is 0. The molecule has 1 aliphatic rings. The number of benzene rings is 1. The molecule has 0 aromatic heterocycles. The third kappa shape index (κ3) is 1.69. The van der Waals surface area contributed by atoms with E-state index in [9.17, 15) is 14.4 Å². The van der Waals surface area contributed by atoms with Gasteiger partial charge >= 0.3 is 6.03 Å². The van der Waals surface area contributed by atoms with Gasteiger partial charge in [-0.1, -0.05) is 18.2 Å². The smallest absolute Gasteiger partial charge is 0.276 e. The Bertz CT molecular complexity index is 494. The molecule has 0 unspecified atom stereocenters. The molecule has 0 bridgehead atoms. The third-order valence-corrected chi connectivity index (χ3v) is 2.74. The normalized spacial score (nSPS) is 19.2. The maximum atomic E-state index is 12.1. The number of carbonyl (C=O) groups excluding carboxylic acids is 3. The van der Waals surface area contributed by atoms with Crippen LogP contribution in [0.15, 0.2) is 30.3 Å². The fraction of sp³-hybridized carbons (Fsp3) is 0.250. The average molecular weight is 232 g/mol. The minimum Gasteiger partial charge on any atom is -0.276 e. The second-order valence-corrected chi connectivity index (χ2v) is 4.36. The zero-order chi connectivity index (χ0) is 12.6. The predicted molar refractivity (Wildman–Crippen MR) is 61.2 cm³/mol. The van der Waals surface area contributed by atoms with Crippen LogP contribution < -0.4 is 10.2 Å². The maximum Gasteiger partial charge on any atom is 0.335 e. The summed E-state index contributed by atoms with van der Waals surface area (Å²) in [6.45, 7) is 2.99. The van der Waals surface area contributed by atoms with Gasteiger partial charge in [-0.15, -0.1) is 0 Å². The van der Waals surface area contributed by atoms with Crippen molar-refractivity contribution in [2.45, 2.75) is 13.8 Å². The molecule has 0 saturated carbocycles. The van der Waals surface area contributed by atoms with E-state index in [1.54, 1.807) is 30.3 Å². The zero-order valence-corrected chi connectivity index (χ0v) is 9.56. The minimum atomic E-state index is -1.23. The number of amides is 4. The summed E-state index contributed by atoms with van der Waals surface area (Å²) in [5.74, 6) is -1.09. The lowest BCUT2D eigenvalue weighted by atomic mass is 9.88. The number of anilines is 1. The van der Waals surface area contributed by atoms with E-state index in [4.69, 9.17) is 0 Å². The van der Waals surface area contributed by atoms with E-state index < -0.39 is 23.3 Å². The number of imide groups is 2. The molecule has 1 heterocycles. The molecule has 5 heteroatoms. The van der Waals surface area contributed by atoms with Crippen molar-refractivity contribution in [2.75, 3.05) is 4.90 Å². The highest BCUT2D eigenvalue weighted by molar-refractivity contribution is 6.29. The Morgan fingerprint density at radius 1 is 1.06 bits per heavy atom. The number of nitrogens with one attached hydrogen (secondary N) is 1. The highest BCUT2D eigenvalue weighted by Gasteiger charge is 2.47. The number of carbonyl (C=O) groups is 3. The molecule has 2 rings (SSSR count). The number of hydrogen-bond acceptors (Lipinski definition) is 3. The molecule has 17 heavy (non-hydrogen) atoms. The molecule has 1 aliphatic heterocycles. The largest absolute Gasteiger partial charge is 0.335 e. The third-order valence-electron chi connectivity index (χ3n) is 2.74. The molecule has 1 N–H and O–H groups in total. The SMILES string of the molecule is CC1(C)C(=O)NC(=O)N(c2ccccc2)C1=O. The average Bonchev–Trinajstić information content (AvgIpc) is 2.28. The van der Waals surface area contributed by atoms with Crippen LogP contribution in [0, 0.1) is 5.41 Å². The molecular weight excluding hydrogens is 220 g/mol. The first kappa shape index (κ1) is 11.3. The van der Waals surface area contributed by atoms with E-state index >= 15 is 0 Å². The number of rotatable bonds is 1. The van der Waals surface area contributed by atoms with E-state index in [0.717, 1.165) is 4.90 Å². The van der Waals surface area contributed by atoms with Gasteiger partial charge in [-0.2, -0.15) is 0 Å². The van der Waals surface area contributed by atoms with E-state index in [2.05, 4.69) is 5.32 Å². The number of barbiturate groups is 1. The topological polar surface area (TPSA) is 66.5 Å². The molecular formula is C12H12N2O3. The van der Waals surface area contributed by atoms with Gasteiger partial charge in [-0.3, -0.25) is 14.9 Å². The van der Waals surface area contributed by atoms with Crippen LogP contribution in [0.1, 0.15) is 13.8 Å². The van der Waals surface area contributed by atoms with Crippen LogP contribution >= 0.6 is 0 Å². The summed E-state index contributed by atoms with van der Waals surface area (Å²) in [4.78, 5) is 36.3. The Balaban J connectivity index is 2.45. The fourth-order valence-corrected chi connectivity index (χ4v) is 1.59. The summed E-state index contributed by atoms with van der Waals surface area (Å²) >= 11 is 0. The van der Waals surface area contributed by atoms with Crippen molar-refractivity contribution < 1.29 is 14.4 Å². The molecule has 0 spiro atoms. The predicted octanol–water partition coefficient (Wildman–Crippen LogP) is 1.30. The number of nitrogens with zero attached hydrogens (tertiary/aromatic N) is 1. The van der Waals surface area contributed by atoms with Gasteiger partial charge in [0.1, 0.15) is 5.41 Å². The van der Waals surface area contributed by atoms with Crippen LogP contribution in [0.5, 0.6) is 0 Å². The molecule has 1 saturated heterocycles. The van der Waals surface area contributed by atoms with Gasteiger partial charge in [-0.25, -0.2) is 9.69 Å². The summed E-state index contributed by atoms with van der Waals surface area (Å²) in [5, 5.41) is 2.18. The van der Waals surface area contributed by atoms with Gasteiger partial charge in [0.25, 0.3) is 0 Å². The Morgan fingerprint density at radius 3 is 2.24 bits per heavy atom. The second-order valence-electron chi connectivity index (χ2n) is 4.36. The zero-order valence-electron chi connectivity index (χ0n) is 9.56. The molecule has 1 fully saturated rings. The molecule has 0 radical (unpaired) electrons. The van der Waals surface area contributed by atoms with Gasteiger partial charge < -0.3 is 0 Å². The summed E-state index contributed by atoms with van der Waals surface area (Å²) in [5.41, 5.74) is -0.778. The van der Waals surface area contributed by atoms with Crippen LogP contribution in [0.2, 0.25) is 0 Å². The first-order valence-corrected chi connectivity index (χ1v) is 5.19. The summed E-state index contributed by atoms with van der Waals surface area (Å²) in [7, 11) is 0. The van der Waals surface area contributed by atoms with Gasteiger partial charge in [0, 0.05) is 0 Å².